The van der Waals surface area contributed by atoms with E-state index in [0.717, 1.165) is 0 Å². The van der Waals surface area contributed by atoms with Crippen molar-refractivity contribution in [1.29, 1.82) is 0 Å². The van der Waals surface area contributed by atoms with Gasteiger partial charge >= 0.3 is 5.97 Å². The van der Waals surface area contributed by atoms with Gasteiger partial charge < -0.3 is 20.1 Å². The molecule has 1 aliphatic rings. The number of nitrogens with two attached hydrogens (primary N) is 1. The fraction of sp³-hybridized carbons (Fsp3) is 0.455. The van der Waals surface area contributed by atoms with Crippen LogP contribution < -0.4 is 10.6 Å². The topological polar surface area (TPSA) is 108 Å². The Kier molecular flexibility index (Phi) is 3.91. The summed E-state index contributed by atoms with van der Waals surface area (Å²) in [5, 5.41) is 0. The molecule has 1 fully saturated rings. The number of carbonyl (C=O) groups excluding carboxylic acids is 2. The monoisotopic (exact) mass is 266 g/mol. The lowest BCUT2D eigenvalue weighted by Gasteiger charge is -2.34. The SMILES string of the molecule is COC(=O)c1cncc(N2CCOCC2C(N)=O)n1. The fourth-order valence-corrected chi connectivity index (χ4v) is 1.81. The molecule has 0 spiro atoms. The first-order valence-electron chi connectivity index (χ1n) is 5.67. The Labute approximate surface area is 109 Å². The first-order chi connectivity index (χ1) is 9.13. The van der Waals surface area contributed by atoms with Crippen molar-refractivity contribution in [1.82, 2.24) is 9.97 Å². The molecule has 0 aliphatic carbocycles. The maximum Gasteiger partial charge on any atom is 0.358 e. The Morgan fingerprint density at radius 2 is 2.32 bits per heavy atom. The molecular formula is C11H14N4O4. The molecule has 0 radical (unpaired) electrons. The van der Waals surface area contributed by atoms with Gasteiger partial charge in [0.15, 0.2) is 5.69 Å². The normalized spacial score (nSPS) is 19.0. The lowest BCUT2D eigenvalue weighted by Crippen LogP contribution is -2.53. The minimum atomic E-state index is -0.615. The molecule has 2 rings (SSSR count). The van der Waals surface area contributed by atoms with Gasteiger partial charge in [-0.25, -0.2) is 9.78 Å². The average Bonchev–Trinajstić information content (AvgIpc) is 2.46. The number of aromatic nitrogens is 2. The molecule has 102 valence electrons. The zero-order valence-electron chi connectivity index (χ0n) is 10.4. The number of primary amides is 1. The highest BCUT2D eigenvalue weighted by atomic mass is 16.5. The van der Waals surface area contributed by atoms with Crippen molar-refractivity contribution >= 4 is 17.7 Å². The molecule has 2 heterocycles. The van der Waals surface area contributed by atoms with E-state index >= 15 is 0 Å². The molecule has 1 aliphatic heterocycles. The quantitative estimate of drug-likeness (QED) is 0.696. The third kappa shape index (κ3) is 2.79. The van der Waals surface area contributed by atoms with Crippen LogP contribution in [0.25, 0.3) is 0 Å². The lowest BCUT2D eigenvalue weighted by atomic mass is 10.2. The van der Waals surface area contributed by atoms with E-state index in [2.05, 4.69) is 14.7 Å². The number of hydrogen-bond donors (Lipinski definition) is 1. The molecule has 0 bridgehead atoms. The summed E-state index contributed by atoms with van der Waals surface area (Å²) in [7, 11) is 1.26. The highest BCUT2D eigenvalue weighted by Crippen LogP contribution is 2.16. The number of ether oxygens (including phenoxy) is 2. The minimum Gasteiger partial charge on any atom is -0.464 e. The average molecular weight is 266 g/mol. The molecule has 0 saturated carbocycles. The van der Waals surface area contributed by atoms with Crippen molar-refractivity contribution in [3.8, 4) is 0 Å². The summed E-state index contributed by atoms with van der Waals surface area (Å²) in [6.07, 6.45) is 2.77. The number of amides is 1. The number of morpholine rings is 1. The number of methoxy groups -OCH3 is 1. The second-order valence-electron chi connectivity index (χ2n) is 3.94. The molecular weight excluding hydrogens is 252 g/mol. The smallest absolute Gasteiger partial charge is 0.358 e. The maximum absolute atomic E-state index is 11.4. The third-order valence-corrected chi connectivity index (χ3v) is 2.77. The van der Waals surface area contributed by atoms with E-state index in [4.69, 9.17) is 10.5 Å². The third-order valence-electron chi connectivity index (χ3n) is 2.77. The Hall–Kier alpha value is -2.22. The summed E-state index contributed by atoms with van der Waals surface area (Å²) in [6.45, 7) is 1.10. The first kappa shape index (κ1) is 13.2. The Morgan fingerprint density at radius 1 is 1.53 bits per heavy atom. The van der Waals surface area contributed by atoms with Gasteiger partial charge in [-0.1, -0.05) is 0 Å². The van der Waals surface area contributed by atoms with E-state index in [1.54, 1.807) is 4.90 Å². The van der Waals surface area contributed by atoms with Crippen LogP contribution in [0.4, 0.5) is 5.82 Å². The molecule has 1 aromatic rings. The summed E-state index contributed by atoms with van der Waals surface area (Å²) < 4.78 is 9.79. The fourth-order valence-electron chi connectivity index (χ4n) is 1.81. The van der Waals surface area contributed by atoms with Gasteiger partial charge in [0.2, 0.25) is 5.91 Å². The van der Waals surface area contributed by atoms with Gasteiger partial charge in [0.25, 0.3) is 0 Å². The van der Waals surface area contributed by atoms with Crippen LogP contribution in [0.3, 0.4) is 0 Å². The van der Waals surface area contributed by atoms with Crippen molar-refractivity contribution in [2.45, 2.75) is 6.04 Å². The molecule has 0 aromatic carbocycles. The highest BCUT2D eigenvalue weighted by molar-refractivity contribution is 5.87. The van der Waals surface area contributed by atoms with E-state index in [1.165, 1.54) is 19.5 Å². The maximum atomic E-state index is 11.4. The molecule has 1 unspecified atom stereocenters. The van der Waals surface area contributed by atoms with Crippen LogP contribution in [0.2, 0.25) is 0 Å². The van der Waals surface area contributed by atoms with Gasteiger partial charge in [-0.05, 0) is 0 Å². The Balaban J connectivity index is 2.29. The van der Waals surface area contributed by atoms with Crippen LogP contribution >= 0.6 is 0 Å². The van der Waals surface area contributed by atoms with E-state index < -0.39 is 17.9 Å². The molecule has 2 N–H and O–H groups in total. The molecule has 1 saturated heterocycles. The summed E-state index contributed by atoms with van der Waals surface area (Å²) in [4.78, 5) is 32.5. The number of carbonyl (C=O) groups is 2. The van der Waals surface area contributed by atoms with Crippen molar-refractivity contribution in [2.75, 3.05) is 31.8 Å². The number of nitrogens with zero attached hydrogens (tertiary/aromatic N) is 3. The summed E-state index contributed by atoms with van der Waals surface area (Å²) in [5.41, 5.74) is 5.40. The molecule has 19 heavy (non-hydrogen) atoms. The number of hydrogen-bond acceptors (Lipinski definition) is 7. The predicted octanol–water partition coefficient (Wildman–Crippen LogP) is -1.05. The van der Waals surface area contributed by atoms with Crippen molar-refractivity contribution < 1.29 is 19.1 Å². The highest BCUT2D eigenvalue weighted by Gasteiger charge is 2.29. The van der Waals surface area contributed by atoms with Gasteiger partial charge in [-0.3, -0.25) is 9.78 Å². The van der Waals surface area contributed by atoms with Crippen LogP contribution in [0.1, 0.15) is 10.5 Å². The second-order valence-corrected chi connectivity index (χ2v) is 3.94. The summed E-state index contributed by atoms with van der Waals surface area (Å²) >= 11 is 0. The van der Waals surface area contributed by atoms with Gasteiger partial charge in [0.05, 0.1) is 32.7 Å². The Bertz CT molecular complexity index is 493. The van der Waals surface area contributed by atoms with E-state index in [1.807, 2.05) is 0 Å². The minimum absolute atomic E-state index is 0.0784. The zero-order valence-corrected chi connectivity index (χ0v) is 10.4. The molecule has 1 aromatic heterocycles. The van der Waals surface area contributed by atoms with Crippen LogP contribution in [0.5, 0.6) is 0 Å². The molecule has 8 heteroatoms. The molecule has 8 nitrogen and oxygen atoms in total. The zero-order chi connectivity index (χ0) is 13.8. The van der Waals surface area contributed by atoms with E-state index in [9.17, 15) is 9.59 Å². The van der Waals surface area contributed by atoms with Crippen molar-refractivity contribution in [2.24, 2.45) is 5.73 Å². The van der Waals surface area contributed by atoms with Crippen LogP contribution in [0.15, 0.2) is 12.4 Å². The summed E-state index contributed by atoms with van der Waals surface area (Å²) in [6, 6.07) is -0.615. The first-order valence-corrected chi connectivity index (χ1v) is 5.67. The van der Waals surface area contributed by atoms with Gasteiger partial charge in [-0.2, -0.15) is 0 Å². The van der Waals surface area contributed by atoms with Gasteiger partial charge in [0, 0.05) is 6.54 Å². The van der Waals surface area contributed by atoms with Gasteiger partial charge in [0.1, 0.15) is 11.9 Å². The van der Waals surface area contributed by atoms with Crippen LogP contribution in [-0.4, -0.2) is 54.8 Å². The van der Waals surface area contributed by atoms with Crippen LogP contribution in [-0.2, 0) is 14.3 Å². The van der Waals surface area contributed by atoms with Gasteiger partial charge in [-0.15, -0.1) is 0 Å². The van der Waals surface area contributed by atoms with E-state index in [-0.39, 0.29) is 12.3 Å². The number of anilines is 1. The lowest BCUT2D eigenvalue weighted by molar-refractivity contribution is -0.121. The predicted molar refractivity (Wildman–Crippen MR) is 64.5 cm³/mol. The van der Waals surface area contributed by atoms with Crippen molar-refractivity contribution in [3.63, 3.8) is 0 Å². The largest absolute Gasteiger partial charge is 0.464 e. The molecule has 1 atom stereocenters. The van der Waals surface area contributed by atoms with Crippen LogP contribution in [0, 0.1) is 0 Å². The Morgan fingerprint density at radius 3 is 3.00 bits per heavy atom. The standard InChI is InChI=1S/C11H14N4O4/c1-18-11(17)7-4-13-5-9(14-7)15-2-3-19-6-8(15)10(12)16/h4-5,8H,2-3,6H2,1H3,(H2,12,16). The summed E-state index contributed by atoms with van der Waals surface area (Å²) in [5.74, 6) is -0.696. The molecule has 1 amide bonds. The van der Waals surface area contributed by atoms with Crippen molar-refractivity contribution in [3.05, 3.63) is 18.1 Å². The van der Waals surface area contributed by atoms with E-state index in [0.29, 0.717) is 19.0 Å². The second kappa shape index (κ2) is 5.61. The number of esters is 1. The number of rotatable bonds is 3.